The number of ether oxygens (including phenoxy) is 2. The van der Waals surface area contributed by atoms with Crippen molar-refractivity contribution in [3.8, 4) is 11.5 Å². The summed E-state index contributed by atoms with van der Waals surface area (Å²) in [6.45, 7) is 3.65. The summed E-state index contributed by atoms with van der Waals surface area (Å²) in [5.41, 5.74) is 1.03. The summed E-state index contributed by atoms with van der Waals surface area (Å²) in [6.07, 6.45) is 2.90. The molecule has 170 valence electrons. The number of aliphatic carboxylic acids is 1. The lowest BCUT2D eigenvalue weighted by atomic mass is 9.86. The van der Waals surface area contributed by atoms with Crippen LogP contribution in [0.5, 0.6) is 11.5 Å². The Morgan fingerprint density at radius 3 is 2.69 bits per heavy atom. The van der Waals surface area contributed by atoms with E-state index in [2.05, 4.69) is 0 Å². The molecule has 5 atom stereocenters. The quantitative estimate of drug-likeness (QED) is 0.544. The van der Waals surface area contributed by atoms with Gasteiger partial charge in [-0.25, -0.2) is 0 Å². The molecule has 2 aliphatic rings. The summed E-state index contributed by atoms with van der Waals surface area (Å²) in [5, 5.41) is 30.5. The predicted molar refractivity (Wildman–Crippen MR) is 120 cm³/mol. The molecule has 1 saturated carbocycles. The molecule has 32 heavy (non-hydrogen) atoms. The number of aliphatic hydroxyl groups is 2. The average Bonchev–Trinajstić information content (AvgIpc) is 3.25. The summed E-state index contributed by atoms with van der Waals surface area (Å²) in [4.78, 5) is 11.0. The molecular formula is C26H30O6. The molecule has 0 radical (unpaired) electrons. The van der Waals surface area contributed by atoms with Gasteiger partial charge in [-0.2, -0.15) is 0 Å². The van der Waals surface area contributed by atoms with E-state index in [1.807, 2.05) is 68.5 Å². The van der Waals surface area contributed by atoms with Crippen LogP contribution >= 0.6 is 0 Å². The lowest BCUT2D eigenvalue weighted by molar-refractivity contribution is -0.136. The van der Waals surface area contributed by atoms with Crippen molar-refractivity contribution in [2.45, 2.75) is 62.9 Å². The van der Waals surface area contributed by atoms with Crippen molar-refractivity contribution in [3.63, 3.8) is 0 Å². The number of aryl methyl sites for hydroxylation is 1. The number of aliphatic hydroxyl groups excluding tert-OH is 2. The standard InChI is InChI=1S/C26H30O6/c1-26(2,32-17-8-4-3-5-9-17)22(28)13-12-18-20(27)15-21-24(18)19-10-6-7-16(25(19)31-21)11-14-23(29)30/h3-10,12-13,18,20-22,24,27-28H,11,14-15H2,1-2H3,(H,29,30)/t18-,20?,21?,22?,24?/m0/s1. The van der Waals surface area contributed by atoms with Gasteiger partial charge in [-0.3, -0.25) is 4.79 Å². The summed E-state index contributed by atoms with van der Waals surface area (Å²) in [6, 6.07) is 15.2. The Labute approximate surface area is 188 Å². The fourth-order valence-corrected chi connectivity index (χ4v) is 4.72. The van der Waals surface area contributed by atoms with Gasteiger partial charge in [-0.05, 0) is 38.0 Å². The van der Waals surface area contributed by atoms with Crippen LogP contribution in [-0.2, 0) is 11.2 Å². The summed E-state index contributed by atoms with van der Waals surface area (Å²) < 4.78 is 12.1. The van der Waals surface area contributed by atoms with Gasteiger partial charge in [0.1, 0.15) is 29.3 Å². The Morgan fingerprint density at radius 2 is 1.97 bits per heavy atom. The maximum atomic E-state index is 11.0. The highest BCUT2D eigenvalue weighted by molar-refractivity contribution is 5.67. The minimum absolute atomic E-state index is 0.0358. The number of carbonyl (C=O) groups is 1. The second-order valence-corrected chi connectivity index (χ2v) is 9.14. The van der Waals surface area contributed by atoms with Crippen LogP contribution in [0.1, 0.15) is 43.7 Å². The van der Waals surface area contributed by atoms with Crippen molar-refractivity contribution in [1.82, 2.24) is 0 Å². The topological polar surface area (TPSA) is 96.2 Å². The highest BCUT2D eigenvalue weighted by Crippen LogP contribution is 2.52. The second-order valence-electron chi connectivity index (χ2n) is 9.14. The molecule has 1 aliphatic heterocycles. The minimum atomic E-state index is -0.877. The zero-order valence-electron chi connectivity index (χ0n) is 18.3. The Morgan fingerprint density at radius 1 is 1.22 bits per heavy atom. The van der Waals surface area contributed by atoms with Gasteiger partial charge in [0.15, 0.2) is 0 Å². The third-order valence-electron chi connectivity index (χ3n) is 6.45. The van der Waals surface area contributed by atoms with Crippen molar-refractivity contribution in [3.05, 3.63) is 71.8 Å². The van der Waals surface area contributed by atoms with E-state index in [4.69, 9.17) is 14.6 Å². The first-order valence-corrected chi connectivity index (χ1v) is 11.0. The number of para-hydroxylation sites is 2. The number of hydrogen-bond donors (Lipinski definition) is 3. The molecule has 4 unspecified atom stereocenters. The molecular weight excluding hydrogens is 408 g/mol. The molecule has 1 heterocycles. The normalized spacial score (nSPS) is 25.2. The molecule has 0 amide bonds. The van der Waals surface area contributed by atoms with Gasteiger partial charge in [-0.1, -0.05) is 48.6 Å². The fraction of sp³-hybridized carbons (Fsp3) is 0.423. The summed E-state index contributed by atoms with van der Waals surface area (Å²) in [5.74, 6) is 0.344. The first-order chi connectivity index (χ1) is 15.3. The van der Waals surface area contributed by atoms with Crippen molar-refractivity contribution >= 4 is 5.97 Å². The molecule has 0 saturated heterocycles. The Kier molecular flexibility index (Phi) is 6.26. The molecule has 4 rings (SSSR count). The first-order valence-electron chi connectivity index (χ1n) is 11.0. The van der Waals surface area contributed by atoms with E-state index in [0.29, 0.717) is 18.6 Å². The number of fused-ring (bicyclic) bond motifs is 3. The SMILES string of the molecule is CC(C)(Oc1ccccc1)C(O)C=C[C@H]1C(O)CC2Oc3c(CCC(=O)O)cccc3C21. The number of hydrogen-bond acceptors (Lipinski definition) is 5. The average molecular weight is 439 g/mol. The zero-order chi connectivity index (χ0) is 22.9. The zero-order valence-corrected chi connectivity index (χ0v) is 18.3. The third kappa shape index (κ3) is 4.52. The second kappa shape index (κ2) is 8.96. The van der Waals surface area contributed by atoms with E-state index < -0.39 is 23.8 Å². The van der Waals surface area contributed by atoms with Crippen molar-refractivity contribution in [1.29, 1.82) is 0 Å². The van der Waals surface area contributed by atoms with Crippen LogP contribution in [-0.4, -0.2) is 45.2 Å². The maximum absolute atomic E-state index is 11.0. The van der Waals surface area contributed by atoms with Gasteiger partial charge < -0.3 is 24.8 Å². The van der Waals surface area contributed by atoms with Crippen molar-refractivity contribution in [2.24, 2.45) is 5.92 Å². The highest BCUT2D eigenvalue weighted by atomic mass is 16.5. The Hall–Kier alpha value is -2.83. The van der Waals surface area contributed by atoms with Gasteiger partial charge in [0.2, 0.25) is 0 Å². The molecule has 1 fully saturated rings. The van der Waals surface area contributed by atoms with E-state index in [1.165, 1.54) is 0 Å². The Bertz CT molecular complexity index is 983. The maximum Gasteiger partial charge on any atom is 0.303 e. The van der Waals surface area contributed by atoms with Gasteiger partial charge in [0.25, 0.3) is 0 Å². The van der Waals surface area contributed by atoms with Gasteiger partial charge in [0.05, 0.1) is 6.10 Å². The lowest BCUT2D eigenvalue weighted by Gasteiger charge is -2.30. The fourth-order valence-electron chi connectivity index (χ4n) is 4.72. The van der Waals surface area contributed by atoms with Crippen LogP contribution in [0, 0.1) is 5.92 Å². The molecule has 0 bridgehead atoms. The molecule has 3 N–H and O–H groups in total. The molecule has 0 aromatic heterocycles. The van der Waals surface area contributed by atoms with Crippen molar-refractivity contribution < 1.29 is 29.6 Å². The number of benzene rings is 2. The largest absolute Gasteiger partial charge is 0.489 e. The lowest BCUT2D eigenvalue weighted by Crippen LogP contribution is -2.41. The third-order valence-corrected chi connectivity index (χ3v) is 6.45. The molecule has 2 aromatic rings. The number of carboxylic acids is 1. The first kappa shape index (κ1) is 22.4. The van der Waals surface area contributed by atoms with E-state index in [9.17, 15) is 15.0 Å². The van der Waals surface area contributed by atoms with Crippen LogP contribution in [0.15, 0.2) is 60.7 Å². The minimum Gasteiger partial charge on any atom is -0.489 e. The van der Waals surface area contributed by atoms with Crippen LogP contribution in [0.25, 0.3) is 0 Å². The van der Waals surface area contributed by atoms with E-state index in [0.717, 1.165) is 16.9 Å². The molecule has 1 aliphatic carbocycles. The monoisotopic (exact) mass is 438 g/mol. The van der Waals surface area contributed by atoms with Crippen LogP contribution in [0.4, 0.5) is 0 Å². The Balaban J connectivity index is 1.51. The van der Waals surface area contributed by atoms with Crippen LogP contribution in [0.3, 0.4) is 0 Å². The summed E-state index contributed by atoms with van der Waals surface area (Å²) in [7, 11) is 0. The van der Waals surface area contributed by atoms with Gasteiger partial charge >= 0.3 is 5.97 Å². The van der Waals surface area contributed by atoms with Crippen LogP contribution in [0.2, 0.25) is 0 Å². The molecule has 6 heteroatoms. The van der Waals surface area contributed by atoms with Crippen LogP contribution < -0.4 is 9.47 Å². The van der Waals surface area contributed by atoms with Gasteiger partial charge in [-0.15, -0.1) is 0 Å². The van der Waals surface area contributed by atoms with E-state index in [-0.39, 0.29) is 24.4 Å². The van der Waals surface area contributed by atoms with Crippen molar-refractivity contribution in [2.75, 3.05) is 0 Å². The predicted octanol–water partition coefficient (Wildman–Crippen LogP) is 3.70. The summed E-state index contributed by atoms with van der Waals surface area (Å²) >= 11 is 0. The van der Waals surface area contributed by atoms with E-state index >= 15 is 0 Å². The van der Waals surface area contributed by atoms with Gasteiger partial charge in [0, 0.05) is 30.2 Å². The number of rotatable bonds is 8. The molecule has 6 nitrogen and oxygen atoms in total. The number of carboxylic acid groups (broad SMARTS) is 1. The smallest absolute Gasteiger partial charge is 0.303 e. The molecule has 0 spiro atoms. The highest BCUT2D eigenvalue weighted by Gasteiger charge is 2.49. The molecule has 2 aromatic carbocycles. The van der Waals surface area contributed by atoms with E-state index in [1.54, 1.807) is 6.08 Å².